The standard InChI is InChI=1S/C12H13NOS/c1-14-10-7-8-15-12(10)11(13)9-5-3-2-4-6-9/h2-8,11H,13H2,1H3. The monoisotopic (exact) mass is 219 g/mol. The van der Waals surface area contributed by atoms with E-state index < -0.39 is 0 Å². The van der Waals surface area contributed by atoms with Crippen molar-refractivity contribution in [3.05, 3.63) is 52.2 Å². The van der Waals surface area contributed by atoms with Gasteiger partial charge in [-0.1, -0.05) is 30.3 Å². The van der Waals surface area contributed by atoms with Gasteiger partial charge in [0, 0.05) is 0 Å². The molecule has 78 valence electrons. The molecule has 2 nitrogen and oxygen atoms in total. The molecular formula is C12H13NOS. The first-order chi connectivity index (χ1) is 7.33. The predicted molar refractivity (Wildman–Crippen MR) is 63.3 cm³/mol. The van der Waals surface area contributed by atoms with E-state index in [9.17, 15) is 0 Å². The topological polar surface area (TPSA) is 35.2 Å². The van der Waals surface area contributed by atoms with E-state index in [1.807, 2.05) is 41.8 Å². The first-order valence-corrected chi connectivity index (χ1v) is 5.63. The van der Waals surface area contributed by atoms with Gasteiger partial charge in [-0.15, -0.1) is 11.3 Å². The molecule has 1 heterocycles. The third-order valence-corrected chi connectivity index (χ3v) is 3.30. The number of methoxy groups -OCH3 is 1. The molecule has 0 saturated heterocycles. The molecule has 0 spiro atoms. The van der Waals surface area contributed by atoms with Crippen LogP contribution in [0, 0.1) is 0 Å². The summed E-state index contributed by atoms with van der Waals surface area (Å²) in [5.41, 5.74) is 7.28. The number of hydrogen-bond donors (Lipinski definition) is 1. The van der Waals surface area contributed by atoms with Crippen LogP contribution in [-0.2, 0) is 0 Å². The van der Waals surface area contributed by atoms with Crippen LogP contribution >= 0.6 is 11.3 Å². The molecule has 0 aliphatic heterocycles. The molecule has 0 amide bonds. The summed E-state index contributed by atoms with van der Waals surface area (Å²) in [6.45, 7) is 0. The first-order valence-electron chi connectivity index (χ1n) is 4.75. The van der Waals surface area contributed by atoms with Crippen molar-refractivity contribution in [1.82, 2.24) is 0 Å². The van der Waals surface area contributed by atoms with Gasteiger partial charge in [0.1, 0.15) is 5.75 Å². The second-order valence-corrected chi connectivity index (χ2v) is 4.19. The number of ether oxygens (including phenoxy) is 1. The van der Waals surface area contributed by atoms with Crippen molar-refractivity contribution in [2.45, 2.75) is 6.04 Å². The minimum absolute atomic E-state index is 0.0962. The lowest BCUT2D eigenvalue weighted by Crippen LogP contribution is -2.10. The van der Waals surface area contributed by atoms with Crippen molar-refractivity contribution < 1.29 is 4.74 Å². The zero-order chi connectivity index (χ0) is 10.7. The minimum Gasteiger partial charge on any atom is -0.496 e. The molecule has 1 aromatic heterocycles. The fourth-order valence-electron chi connectivity index (χ4n) is 1.52. The number of nitrogens with two attached hydrogens (primary N) is 1. The molecule has 0 radical (unpaired) electrons. The maximum atomic E-state index is 6.17. The van der Waals surface area contributed by atoms with E-state index in [-0.39, 0.29) is 6.04 Å². The van der Waals surface area contributed by atoms with Crippen LogP contribution in [0.3, 0.4) is 0 Å². The number of rotatable bonds is 3. The van der Waals surface area contributed by atoms with Crippen molar-refractivity contribution in [2.24, 2.45) is 5.73 Å². The van der Waals surface area contributed by atoms with Gasteiger partial charge in [0.25, 0.3) is 0 Å². The van der Waals surface area contributed by atoms with Crippen LogP contribution in [0.4, 0.5) is 0 Å². The zero-order valence-corrected chi connectivity index (χ0v) is 9.33. The Kier molecular flexibility index (Phi) is 3.04. The van der Waals surface area contributed by atoms with Crippen LogP contribution in [0.5, 0.6) is 5.75 Å². The van der Waals surface area contributed by atoms with Crippen LogP contribution in [0.2, 0.25) is 0 Å². The Bertz CT molecular complexity index is 424. The molecule has 2 aromatic rings. The van der Waals surface area contributed by atoms with Crippen molar-refractivity contribution in [3.8, 4) is 5.75 Å². The van der Waals surface area contributed by atoms with E-state index in [2.05, 4.69) is 0 Å². The third kappa shape index (κ3) is 2.03. The predicted octanol–water partition coefficient (Wildman–Crippen LogP) is 2.80. The molecule has 0 aliphatic carbocycles. The second kappa shape index (κ2) is 4.47. The molecular weight excluding hydrogens is 206 g/mol. The van der Waals surface area contributed by atoms with E-state index in [1.54, 1.807) is 18.4 Å². The van der Waals surface area contributed by atoms with Gasteiger partial charge in [-0.25, -0.2) is 0 Å². The molecule has 2 rings (SSSR count). The summed E-state index contributed by atoms with van der Waals surface area (Å²) in [4.78, 5) is 1.07. The van der Waals surface area contributed by atoms with Gasteiger partial charge >= 0.3 is 0 Å². The normalized spacial score (nSPS) is 12.4. The molecule has 1 aromatic carbocycles. The highest BCUT2D eigenvalue weighted by Crippen LogP contribution is 2.32. The van der Waals surface area contributed by atoms with Crippen LogP contribution in [-0.4, -0.2) is 7.11 Å². The Labute approximate surface area is 93.3 Å². The lowest BCUT2D eigenvalue weighted by molar-refractivity contribution is 0.411. The lowest BCUT2D eigenvalue weighted by Gasteiger charge is -2.11. The molecule has 1 unspecified atom stereocenters. The molecule has 3 heteroatoms. The summed E-state index contributed by atoms with van der Waals surface area (Å²) in [6, 6.07) is 11.9. The van der Waals surface area contributed by atoms with Crippen LogP contribution in [0.15, 0.2) is 41.8 Å². The smallest absolute Gasteiger partial charge is 0.134 e. The molecule has 0 fully saturated rings. The molecule has 0 bridgehead atoms. The largest absolute Gasteiger partial charge is 0.496 e. The molecule has 0 saturated carbocycles. The van der Waals surface area contributed by atoms with E-state index >= 15 is 0 Å². The van der Waals surface area contributed by atoms with Crippen molar-refractivity contribution in [1.29, 1.82) is 0 Å². The SMILES string of the molecule is COc1ccsc1C(N)c1ccccc1. The third-order valence-electron chi connectivity index (χ3n) is 2.32. The van der Waals surface area contributed by atoms with E-state index in [0.29, 0.717) is 0 Å². The van der Waals surface area contributed by atoms with Gasteiger partial charge in [0.05, 0.1) is 18.0 Å². The maximum absolute atomic E-state index is 6.17. The van der Waals surface area contributed by atoms with Gasteiger partial charge in [-0.2, -0.15) is 0 Å². The number of benzene rings is 1. The summed E-state index contributed by atoms with van der Waals surface area (Å²) in [5.74, 6) is 0.872. The van der Waals surface area contributed by atoms with Gasteiger partial charge < -0.3 is 10.5 Å². The molecule has 15 heavy (non-hydrogen) atoms. The first kappa shape index (κ1) is 10.2. The van der Waals surface area contributed by atoms with Gasteiger partial charge in [0.2, 0.25) is 0 Å². The van der Waals surface area contributed by atoms with E-state index in [4.69, 9.17) is 10.5 Å². The Morgan fingerprint density at radius 3 is 2.60 bits per heavy atom. The Hall–Kier alpha value is -1.32. The fraction of sp³-hybridized carbons (Fsp3) is 0.167. The van der Waals surface area contributed by atoms with E-state index in [1.165, 1.54) is 0 Å². The highest BCUT2D eigenvalue weighted by Gasteiger charge is 2.14. The average Bonchev–Trinajstić information content (AvgIpc) is 2.77. The van der Waals surface area contributed by atoms with Gasteiger partial charge in [-0.05, 0) is 17.0 Å². The maximum Gasteiger partial charge on any atom is 0.134 e. The van der Waals surface area contributed by atoms with Crippen molar-refractivity contribution in [3.63, 3.8) is 0 Å². The Morgan fingerprint density at radius 2 is 1.93 bits per heavy atom. The van der Waals surface area contributed by atoms with Crippen molar-refractivity contribution in [2.75, 3.05) is 7.11 Å². The quantitative estimate of drug-likeness (QED) is 0.861. The Balaban J connectivity index is 2.32. The summed E-state index contributed by atoms with van der Waals surface area (Å²) >= 11 is 1.63. The average molecular weight is 219 g/mol. The molecule has 1 atom stereocenters. The highest BCUT2D eigenvalue weighted by molar-refractivity contribution is 7.10. The van der Waals surface area contributed by atoms with E-state index in [0.717, 1.165) is 16.2 Å². The van der Waals surface area contributed by atoms with Crippen LogP contribution in [0.25, 0.3) is 0 Å². The minimum atomic E-state index is -0.0962. The van der Waals surface area contributed by atoms with Gasteiger partial charge in [0.15, 0.2) is 0 Å². The van der Waals surface area contributed by atoms with Gasteiger partial charge in [-0.3, -0.25) is 0 Å². The van der Waals surface area contributed by atoms with Crippen molar-refractivity contribution >= 4 is 11.3 Å². The summed E-state index contributed by atoms with van der Waals surface area (Å²) in [6.07, 6.45) is 0. The summed E-state index contributed by atoms with van der Waals surface area (Å²) in [7, 11) is 1.67. The summed E-state index contributed by atoms with van der Waals surface area (Å²) < 4.78 is 5.26. The summed E-state index contributed by atoms with van der Waals surface area (Å²) in [5, 5.41) is 2.00. The number of hydrogen-bond acceptors (Lipinski definition) is 3. The van der Waals surface area contributed by atoms with Crippen LogP contribution < -0.4 is 10.5 Å². The Morgan fingerprint density at radius 1 is 1.20 bits per heavy atom. The lowest BCUT2D eigenvalue weighted by atomic mass is 10.1. The zero-order valence-electron chi connectivity index (χ0n) is 8.51. The molecule has 2 N–H and O–H groups in total. The highest BCUT2D eigenvalue weighted by atomic mass is 32.1. The number of thiophene rings is 1. The fourth-order valence-corrected chi connectivity index (χ4v) is 2.40. The molecule has 0 aliphatic rings. The second-order valence-electron chi connectivity index (χ2n) is 3.24. The van der Waals surface area contributed by atoms with Crippen LogP contribution in [0.1, 0.15) is 16.5 Å².